The van der Waals surface area contributed by atoms with E-state index < -0.39 is 0 Å². The summed E-state index contributed by atoms with van der Waals surface area (Å²) in [5, 5.41) is 0. The third-order valence-corrected chi connectivity index (χ3v) is 6.43. The fourth-order valence-corrected chi connectivity index (χ4v) is 6.09. The molecule has 21 heavy (non-hydrogen) atoms. The van der Waals surface area contributed by atoms with Crippen molar-refractivity contribution in [1.82, 2.24) is 4.98 Å². The van der Waals surface area contributed by atoms with Crippen LogP contribution in [0.15, 0.2) is 21.0 Å². The second-order valence-electron chi connectivity index (χ2n) is 7.56. The SMILES string of the molecule is Nc1cc(Br)cc2nc(C34CC5CC(CC(C5)C3)C4)oc12. The molecule has 1 aromatic carbocycles. The fourth-order valence-electron chi connectivity index (χ4n) is 5.62. The molecule has 3 nitrogen and oxygen atoms in total. The van der Waals surface area contributed by atoms with Gasteiger partial charge in [-0.1, -0.05) is 15.9 Å². The van der Waals surface area contributed by atoms with Gasteiger partial charge in [-0.25, -0.2) is 4.98 Å². The van der Waals surface area contributed by atoms with Gasteiger partial charge in [0.1, 0.15) is 5.52 Å². The number of aromatic nitrogens is 1. The van der Waals surface area contributed by atoms with Crippen molar-refractivity contribution in [1.29, 1.82) is 0 Å². The molecule has 2 aromatic rings. The summed E-state index contributed by atoms with van der Waals surface area (Å²) in [6.07, 6.45) is 8.13. The lowest BCUT2D eigenvalue weighted by Gasteiger charge is -2.55. The summed E-state index contributed by atoms with van der Waals surface area (Å²) in [5.74, 6) is 3.66. The third kappa shape index (κ3) is 1.74. The summed E-state index contributed by atoms with van der Waals surface area (Å²) in [5.41, 5.74) is 8.65. The molecule has 4 aliphatic rings. The van der Waals surface area contributed by atoms with Gasteiger partial charge in [0, 0.05) is 9.89 Å². The number of halogens is 1. The van der Waals surface area contributed by atoms with Gasteiger partial charge in [-0.05, 0) is 68.4 Å². The minimum atomic E-state index is 0.201. The molecular formula is C17H19BrN2O. The van der Waals surface area contributed by atoms with Gasteiger partial charge in [-0.3, -0.25) is 0 Å². The molecule has 0 atom stereocenters. The van der Waals surface area contributed by atoms with Crippen molar-refractivity contribution >= 4 is 32.7 Å². The molecule has 1 aromatic heterocycles. The van der Waals surface area contributed by atoms with Gasteiger partial charge in [-0.2, -0.15) is 0 Å². The van der Waals surface area contributed by atoms with Crippen LogP contribution in [0.5, 0.6) is 0 Å². The average molecular weight is 347 g/mol. The molecule has 0 amide bonds. The Morgan fingerprint density at radius 3 is 2.33 bits per heavy atom. The molecule has 0 unspecified atom stereocenters. The Kier molecular flexibility index (Phi) is 2.40. The van der Waals surface area contributed by atoms with E-state index in [2.05, 4.69) is 15.9 Å². The van der Waals surface area contributed by atoms with Gasteiger partial charge in [-0.15, -0.1) is 0 Å². The predicted molar refractivity (Wildman–Crippen MR) is 86.0 cm³/mol. The standard InChI is InChI=1S/C17H19BrN2O/c18-12-4-13(19)15-14(5-12)20-16(21-15)17-6-9-1-10(7-17)3-11(2-9)8-17/h4-5,9-11H,1-3,6-8,19H2. The van der Waals surface area contributed by atoms with Crippen molar-refractivity contribution in [2.75, 3.05) is 5.73 Å². The van der Waals surface area contributed by atoms with Gasteiger partial charge >= 0.3 is 0 Å². The van der Waals surface area contributed by atoms with Crippen molar-refractivity contribution in [3.05, 3.63) is 22.5 Å². The van der Waals surface area contributed by atoms with Gasteiger partial charge in [0.05, 0.1) is 5.69 Å². The van der Waals surface area contributed by atoms with Crippen molar-refractivity contribution in [3.8, 4) is 0 Å². The number of nitrogens with zero attached hydrogens (tertiary/aromatic N) is 1. The smallest absolute Gasteiger partial charge is 0.201 e. The molecule has 4 saturated carbocycles. The summed E-state index contributed by atoms with van der Waals surface area (Å²) in [7, 11) is 0. The summed E-state index contributed by atoms with van der Waals surface area (Å²) in [6, 6.07) is 3.91. The van der Waals surface area contributed by atoms with Crippen LogP contribution in [0, 0.1) is 17.8 Å². The highest BCUT2D eigenvalue weighted by Gasteiger charge is 2.54. The summed E-state index contributed by atoms with van der Waals surface area (Å²) in [6.45, 7) is 0. The number of hydrogen-bond donors (Lipinski definition) is 1. The maximum absolute atomic E-state index is 6.18. The van der Waals surface area contributed by atoms with Gasteiger partial charge in [0.25, 0.3) is 0 Å². The van der Waals surface area contributed by atoms with Crippen molar-refractivity contribution < 1.29 is 4.42 Å². The van der Waals surface area contributed by atoms with Gasteiger partial charge in [0.15, 0.2) is 5.58 Å². The zero-order valence-electron chi connectivity index (χ0n) is 11.9. The molecule has 0 radical (unpaired) electrons. The Balaban J connectivity index is 1.65. The quantitative estimate of drug-likeness (QED) is 0.765. The van der Waals surface area contributed by atoms with Crippen LogP contribution in [0.3, 0.4) is 0 Å². The average Bonchev–Trinajstić information content (AvgIpc) is 2.82. The maximum Gasteiger partial charge on any atom is 0.201 e. The van der Waals surface area contributed by atoms with Crippen LogP contribution in [0.1, 0.15) is 44.4 Å². The Morgan fingerprint density at radius 1 is 1.10 bits per heavy atom. The Hall–Kier alpha value is -1.03. The first-order chi connectivity index (χ1) is 10.1. The number of nitrogen functional groups attached to an aromatic ring is 1. The summed E-state index contributed by atoms with van der Waals surface area (Å²) in [4.78, 5) is 4.85. The fraction of sp³-hybridized carbons (Fsp3) is 0.588. The van der Waals surface area contributed by atoms with E-state index in [4.69, 9.17) is 15.1 Å². The second kappa shape index (κ2) is 4.03. The number of hydrogen-bond acceptors (Lipinski definition) is 3. The van der Waals surface area contributed by atoms with Crippen LogP contribution in [-0.2, 0) is 5.41 Å². The largest absolute Gasteiger partial charge is 0.438 e. The molecule has 0 spiro atoms. The summed E-state index contributed by atoms with van der Waals surface area (Å²) < 4.78 is 7.15. The maximum atomic E-state index is 6.18. The van der Waals surface area contributed by atoms with Crippen LogP contribution in [-0.4, -0.2) is 4.98 Å². The van der Waals surface area contributed by atoms with Gasteiger partial charge in [0.2, 0.25) is 5.89 Å². The minimum absolute atomic E-state index is 0.201. The Morgan fingerprint density at radius 2 is 1.71 bits per heavy atom. The zero-order valence-corrected chi connectivity index (χ0v) is 13.5. The highest BCUT2D eigenvalue weighted by atomic mass is 79.9. The number of benzene rings is 1. The van der Waals surface area contributed by atoms with Crippen LogP contribution >= 0.6 is 15.9 Å². The van der Waals surface area contributed by atoms with Crippen molar-refractivity contribution in [2.24, 2.45) is 17.8 Å². The first-order valence-corrected chi connectivity index (χ1v) is 8.77. The van der Waals surface area contributed by atoms with E-state index in [9.17, 15) is 0 Å². The molecule has 2 N–H and O–H groups in total. The zero-order chi connectivity index (χ0) is 14.2. The molecule has 4 heteroatoms. The lowest BCUT2D eigenvalue weighted by atomic mass is 9.49. The van der Waals surface area contributed by atoms with Crippen molar-refractivity contribution in [3.63, 3.8) is 0 Å². The van der Waals surface area contributed by atoms with Crippen LogP contribution in [0.2, 0.25) is 0 Å². The molecule has 110 valence electrons. The van der Waals surface area contributed by atoms with E-state index in [0.717, 1.165) is 39.2 Å². The molecule has 4 aliphatic carbocycles. The molecule has 6 rings (SSSR count). The highest BCUT2D eigenvalue weighted by molar-refractivity contribution is 9.10. The van der Waals surface area contributed by atoms with E-state index in [1.807, 2.05) is 12.1 Å². The van der Waals surface area contributed by atoms with Crippen molar-refractivity contribution in [2.45, 2.75) is 43.9 Å². The number of rotatable bonds is 1. The van der Waals surface area contributed by atoms with E-state index in [1.165, 1.54) is 38.5 Å². The number of oxazole rings is 1. The third-order valence-electron chi connectivity index (χ3n) is 5.98. The van der Waals surface area contributed by atoms with Crippen LogP contribution in [0.25, 0.3) is 11.1 Å². The van der Waals surface area contributed by atoms with E-state index in [0.29, 0.717) is 5.69 Å². The first-order valence-electron chi connectivity index (χ1n) is 7.97. The van der Waals surface area contributed by atoms with E-state index in [-0.39, 0.29) is 5.41 Å². The Bertz CT molecular complexity index is 700. The summed E-state index contributed by atoms with van der Waals surface area (Å²) >= 11 is 3.49. The van der Waals surface area contributed by atoms with E-state index >= 15 is 0 Å². The lowest BCUT2D eigenvalue weighted by molar-refractivity contribution is -0.0170. The highest BCUT2D eigenvalue weighted by Crippen LogP contribution is 2.60. The van der Waals surface area contributed by atoms with E-state index in [1.54, 1.807) is 0 Å². The number of anilines is 1. The minimum Gasteiger partial charge on any atom is -0.438 e. The number of nitrogens with two attached hydrogens (primary N) is 1. The van der Waals surface area contributed by atoms with Crippen LogP contribution < -0.4 is 5.73 Å². The molecule has 0 saturated heterocycles. The Labute approximate surface area is 132 Å². The molecule has 4 fully saturated rings. The monoisotopic (exact) mass is 346 g/mol. The van der Waals surface area contributed by atoms with Crippen LogP contribution in [0.4, 0.5) is 5.69 Å². The predicted octanol–water partition coefficient (Wildman–Crippen LogP) is 4.64. The topological polar surface area (TPSA) is 52.0 Å². The number of fused-ring (bicyclic) bond motifs is 1. The lowest BCUT2D eigenvalue weighted by Crippen LogP contribution is -2.48. The molecule has 1 heterocycles. The second-order valence-corrected chi connectivity index (χ2v) is 8.48. The van der Waals surface area contributed by atoms with Gasteiger partial charge < -0.3 is 10.2 Å². The molecule has 0 aliphatic heterocycles. The first kappa shape index (κ1) is 12.5. The normalized spacial score (nSPS) is 37.5. The molecule has 4 bridgehead atoms. The molecular weight excluding hydrogens is 328 g/mol.